The summed E-state index contributed by atoms with van der Waals surface area (Å²) in [6.45, 7) is 2.24. The molecule has 1 aliphatic heterocycles. The van der Waals surface area contributed by atoms with E-state index in [0.717, 1.165) is 19.4 Å². The molecule has 0 aliphatic carbocycles. The van der Waals surface area contributed by atoms with E-state index in [1.807, 2.05) is 0 Å². The molecule has 2 unspecified atom stereocenters. The Morgan fingerprint density at radius 1 is 1.43 bits per heavy atom. The molecule has 0 aromatic rings. The highest BCUT2D eigenvalue weighted by Gasteiger charge is 2.23. The zero-order valence-electron chi connectivity index (χ0n) is 8.73. The number of rotatable bonds is 5. The second kappa shape index (κ2) is 6.35. The average Bonchev–Trinajstić information content (AvgIpc) is 2.21. The van der Waals surface area contributed by atoms with E-state index < -0.39 is 6.10 Å². The van der Waals surface area contributed by atoms with Gasteiger partial charge in [-0.15, -0.1) is 0 Å². The van der Waals surface area contributed by atoms with Crippen molar-refractivity contribution in [1.82, 2.24) is 4.90 Å². The summed E-state index contributed by atoms with van der Waals surface area (Å²) in [5.74, 6) is 0. The number of hydrogen-bond donors (Lipinski definition) is 3. The highest BCUT2D eigenvalue weighted by Crippen LogP contribution is 2.19. The van der Waals surface area contributed by atoms with Crippen LogP contribution in [0.25, 0.3) is 0 Å². The lowest BCUT2D eigenvalue weighted by Crippen LogP contribution is -2.45. The third-order valence-corrected chi connectivity index (χ3v) is 2.93. The average molecular weight is 202 g/mol. The number of piperidine rings is 1. The van der Waals surface area contributed by atoms with Crippen LogP contribution in [0.3, 0.4) is 0 Å². The fourth-order valence-corrected chi connectivity index (χ4v) is 2.12. The van der Waals surface area contributed by atoms with Crippen molar-refractivity contribution in [2.75, 3.05) is 26.2 Å². The summed E-state index contributed by atoms with van der Waals surface area (Å²) in [4.78, 5) is 2.26. The van der Waals surface area contributed by atoms with E-state index in [0.29, 0.717) is 19.1 Å². The number of nitrogens with zero attached hydrogens (tertiary/aromatic N) is 1. The molecule has 2 atom stereocenters. The zero-order chi connectivity index (χ0) is 10.4. The number of aliphatic hydroxyl groups excluding tert-OH is 2. The summed E-state index contributed by atoms with van der Waals surface area (Å²) in [7, 11) is 0. The SMILES string of the molecule is NCC(O)CN1CCCCC1CCO. The van der Waals surface area contributed by atoms with Crippen LogP contribution in [0.5, 0.6) is 0 Å². The first-order valence-electron chi connectivity index (χ1n) is 5.51. The van der Waals surface area contributed by atoms with Gasteiger partial charge in [0.05, 0.1) is 6.10 Å². The maximum Gasteiger partial charge on any atom is 0.0789 e. The Morgan fingerprint density at radius 2 is 2.21 bits per heavy atom. The molecule has 0 aromatic carbocycles. The predicted octanol–water partition coefficient (Wildman–Crippen LogP) is -0.457. The fraction of sp³-hybridized carbons (Fsp3) is 1.00. The number of β-amino-alcohol motifs (C(OH)–C–C–N with tert-alkyl or cyclic N) is 1. The van der Waals surface area contributed by atoms with Gasteiger partial charge in [-0.25, -0.2) is 0 Å². The van der Waals surface area contributed by atoms with Crippen molar-refractivity contribution in [1.29, 1.82) is 0 Å². The van der Waals surface area contributed by atoms with Crippen LogP contribution in [0.2, 0.25) is 0 Å². The van der Waals surface area contributed by atoms with E-state index in [2.05, 4.69) is 4.90 Å². The van der Waals surface area contributed by atoms with E-state index >= 15 is 0 Å². The van der Waals surface area contributed by atoms with Crippen LogP contribution in [0.4, 0.5) is 0 Å². The van der Waals surface area contributed by atoms with Crippen LogP contribution in [-0.2, 0) is 0 Å². The Morgan fingerprint density at radius 3 is 2.86 bits per heavy atom. The topological polar surface area (TPSA) is 69.7 Å². The largest absolute Gasteiger partial charge is 0.396 e. The van der Waals surface area contributed by atoms with Crippen molar-refractivity contribution in [3.05, 3.63) is 0 Å². The molecular formula is C10H22N2O2. The summed E-state index contributed by atoms with van der Waals surface area (Å²) in [6, 6.07) is 0.440. The summed E-state index contributed by atoms with van der Waals surface area (Å²) >= 11 is 0. The van der Waals surface area contributed by atoms with Gasteiger partial charge in [0.2, 0.25) is 0 Å². The predicted molar refractivity (Wildman–Crippen MR) is 56.0 cm³/mol. The molecular weight excluding hydrogens is 180 g/mol. The minimum absolute atomic E-state index is 0.236. The Kier molecular flexibility index (Phi) is 5.40. The third-order valence-electron chi connectivity index (χ3n) is 2.93. The maximum absolute atomic E-state index is 9.47. The Bertz CT molecular complexity index is 153. The molecule has 1 saturated heterocycles. The second-order valence-electron chi connectivity index (χ2n) is 4.05. The molecule has 0 aromatic heterocycles. The summed E-state index contributed by atoms with van der Waals surface area (Å²) in [6.07, 6.45) is 3.96. The summed E-state index contributed by atoms with van der Waals surface area (Å²) in [5, 5.41) is 18.4. The van der Waals surface area contributed by atoms with Crippen molar-refractivity contribution in [2.24, 2.45) is 5.73 Å². The van der Waals surface area contributed by atoms with Crippen LogP contribution >= 0.6 is 0 Å². The van der Waals surface area contributed by atoms with Crippen molar-refractivity contribution in [3.8, 4) is 0 Å². The zero-order valence-corrected chi connectivity index (χ0v) is 8.73. The first kappa shape index (κ1) is 11.9. The van der Waals surface area contributed by atoms with Crippen LogP contribution in [0.15, 0.2) is 0 Å². The lowest BCUT2D eigenvalue weighted by atomic mass is 9.99. The highest BCUT2D eigenvalue weighted by molar-refractivity contribution is 4.78. The van der Waals surface area contributed by atoms with Crippen molar-refractivity contribution in [3.63, 3.8) is 0 Å². The molecule has 14 heavy (non-hydrogen) atoms. The molecule has 4 N–H and O–H groups in total. The summed E-state index contributed by atoms with van der Waals surface area (Å²) < 4.78 is 0. The fourth-order valence-electron chi connectivity index (χ4n) is 2.12. The van der Waals surface area contributed by atoms with Crippen LogP contribution in [0.1, 0.15) is 25.7 Å². The van der Waals surface area contributed by atoms with Gasteiger partial charge in [-0.2, -0.15) is 0 Å². The van der Waals surface area contributed by atoms with E-state index in [9.17, 15) is 5.11 Å². The lowest BCUT2D eigenvalue weighted by Gasteiger charge is -2.36. The van der Waals surface area contributed by atoms with Gasteiger partial charge < -0.3 is 15.9 Å². The van der Waals surface area contributed by atoms with Gasteiger partial charge in [-0.3, -0.25) is 4.90 Å². The molecule has 0 bridgehead atoms. The van der Waals surface area contributed by atoms with Gasteiger partial charge >= 0.3 is 0 Å². The second-order valence-corrected chi connectivity index (χ2v) is 4.05. The van der Waals surface area contributed by atoms with E-state index in [-0.39, 0.29) is 6.61 Å². The number of nitrogens with two attached hydrogens (primary N) is 1. The number of hydrogen-bond acceptors (Lipinski definition) is 4. The lowest BCUT2D eigenvalue weighted by molar-refractivity contribution is 0.0605. The minimum Gasteiger partial charge on any atom is -0.396 e. The molecule has 1 heterocycles. The molecule has 84 valence electrons. The third kappa shape index (κ3) is 3.53. The molecule has 4 heteroatoms. The molecule has 0 radical (unpaired) electrons. The quantitative estimate of drug-likeness (QED) is 0.564. The maximum atomic E-state index is 9.47. The first-order valence-corrected chi connectivity index (χ1v) is 5.51. The van der Waals surface area contributed by atoms with Gasteiger partial charge in [0, 0.05) is 25.7 Å². The van der Waals surface area contributed by atoms with Gasteiger partial charge in [0.1, 0.15) is 0 Å². The minimum atomic E-state index is -0.422. The van der Waals surface area contributed by atoms with E-state index in [4.69, 9.17) is 10.8 Å². The van der Waals surface area contributed by atoms with Crippen molar-refractivity contribution in [2.45, 2.75) is 37.8 Å². The Balaban J connectivity index is 2.37. The molecule has 0 spiro atoms. The van der Waals surface area contributed by atoms with E-state index in [1.165, 1.54) is 12.8 Å². The smallest absolute Gasteiger partial charge is 0.0789 e. The van der Waals surface area contributed by atoms with Gasteiger partial charge in [0.15, 0.2) is 0 Å². The monoisotopic (exact) mass is 202 g/mol. The van der Waals surface area contributed by atoms with Gasteiger partial charge in [-0.1, -0.05) is 6.42 Å². The molecule has 1 fully saturated rings. The molecule has 4 nitrogen and oxygen atoms in total. The Labute approximate surface area is 85.7 Å². The number of likely N-dealkylation sites (tertiary alicyclic amines) is 1. The molecule has 1 aliphatic rings. The van der Waals surface area contributed by atoms with Gasteiger partial charge in [0.25, 0.3) is 0 Å². The number of aliphatic hydroxyl groups is 2. The van der Waals surface area contributed by atoms with Gasteiger partial charge in [-0.05, 0) is 25.8 Å². The first-order chi connectivity index (χ1) is 6.77. The highest BCUT2D eigenvalue weighted by atomic mass is 16.3. The normalized spacial score (nSPS) is 26.4. The van der Waals surface area contributed by atoms with Crippen molar-refractivity contribution < 1.29 is 10.2 Å². The van der Waals surface area contributed by atoms with Crippen LogP contribution in [-0.4, -0.2) is 53.5 Å². The summed E-state index contributed by atoms with van der Waals surface area (Å²) in [5.41, 5.74) is 5.38. The molecule has 0 amide bonds. The standard InChI is InChI=1S/C10H22N2O2/c11-7-10(14)8-12-5-2-1-3-9(12)4-6-13/h9-10,13-14H,1-8,11H2. The molecule has 0 saturated carbocycles. The Hall–Kier alpha value is -0.160. The van der Waals surface area contributed by atoms with Crippen molar-refractivity contribution >= 4 is 0 Å². The molecule has 1 rings (SSSR count). The van der Waals surface area contributed by atoms with Crippen LogP contribution in [0, 0.1) is 0 Å². The van der Waals surface area contributed by atoms with E-state index in [1.54, 1.807) is 0 Å². The van der Waals surface area contributed by atoms with Crippen LogP contribution < -0.4 is 5.73 Å².